The Bertz CT molecular complexity index is 485. The van der Waals surface area contributed by atoms with E-state index < -0.39 is 0 Å². The van der Waals surface area contributed by atoms with Crippen LogP contribution in [0, 0.1) is 5.92 Å². The smallest absolute Gasteiger partial charge is 0.229 e. The zero-order valence-corrected chi connectivity index (χ0v) is 12.1. The van der Waals surface area contributed by atoms with Crippen molar-refractivity contribution in [1.29, 1.82) is 0 Å². The molecule has 1 aliphatic carbocycles. The molecule has 0 spiro atoms. The van der Waals surface area contributed by atoms with Crippen molar-refractivity contribution in [1.82, 2.24) is 4.98 Å². The fraction of sp³-hybridized carbons (Fsp3) is 0.600. The highest BCUT2D eigenvalue weighted by Gasteiger charge is 2.30. The van der Waals surface area contributed by atoms with Crippen molar-refractivity contribution in [2.75, 3.05) is 36.5 Å². The van der Waals surface area contributed by atoms with Gasteiger partial charge in [-0.2, -0.15) is 0 Å². The molecule has 114 valence electrons. The highest BCUT2D eigenvalue weighted by Crippen LogP contribution is 2.25. The molecule has 2 heterocycles. The minimum absolute atomic E-state index is 0.00872. The Hall–Kier alpha value is -1.66. The van der Waals surface area contributed by atoms with Crippen molar-refractivity contribution in [3.05, 3.63) is 18.3 Å². The van der Waals surface area contributed by atoms with Gasteiger partial charge >= 0.3 is 0 Å². The number of aromatic nitrogens is 1. The van der Waals surface area contributed by atoms with Crippen LogP contribution in [0.4, 0.5) is 11.5 Å². The summed E-state index contributed by atoms with van der Waals surface area (Å²) in [5.74, 6) is 0.874. The first-order valence-electron chi connectivity index (χ1n) is 7.59. The Morgan fingerprint density at radius 3 is 2.76 bits per heavy atom. The second-order valence-corrected chi connectivity index (χ2v) is 5.69. The van der Waals surface area contributed by atoms with Gasteiger partial charge in [-0.05, 0) is 25.0 Å². The number of nitrogens with one attached hydrogen (secondary N) is 1. The van der Waals surface area contributed by atoms with Crippen LogP contribution in [0.5, 0.6) is 0 Å². The monoisotopic (exact) mass is 290 g/mol. The molecule has 0 bridgehead atoms. The molecule has 0 aromatic carbocycles. The molecule has 3 rings (SSSR count). The number of amides is 1. The average molecular weight is 290 g/mol. The quantitative estimate of drug-likeness (QED) is 0.867. The molecule has 2 fully saturated rings. The van der Waals surface area contributed by atoms with Gasteiger partial charge in [-0.25, -0.2) is 4.98 Å². The minimum Gasteiger partial charge on any atom is -0.378 e. The van der Waals surface area contributed by atoms with Crippen LogP contribution < -0.4 is 16.0 Å². The number of anilines is 2. The van der Waals surface area contributed by atoms with Gasteiger partial charge in [-0.3, -0.25) is 4.79 Å². The van der Waals surface area contributed by atoms with Gasteiger partial charge in [-0.15, -0.1) is 0 Å². The molecule has 2 aliphatic rings. The van der Waals surface area contributed by atoms with E-state index in [1.807, 2.05) is 12.1 Å². The normalized spacial score (nSPS) is 25.9. The van der Waals surface area contributed by atoms with Crippen LogP contribution in [0.2, 0.25) is 0 Å². The van der Waals surface area contributed by atoms with Crippen LogP contribution >= 0.6 is 0 Å². The molecule has 6 nitrogen and oxygen atoms in total. The lowest BCUT2D eigenvalue weighted by molar-refractivity contribution is -0.120. The van der Waals surface area contributed by atoms with Gasteiger partial charge in [0, 0.05) is 19.1 Å². The summed E-state index contributed by atoms with van der Waals surface area (Å²) in [5, 5.41) is 2.92. The van der Waals surface area contributed by atoms with Crippen LogP contribution in [0.3, 0.4) is 0 Å². The third-order valence-corrected chi connectivity index (χ3v) is 4.26. The largest absolute Gasteiger partial charge is 0.378 e. The molecule has 1 saturated heterocycles. The first kappa shape index (κ1) is 14.3. The van der Waals surface area contributed by atoms with Gasteiger partial charge < -0.3 is 20.7 Å². The number of carbonyl (C=O) groups is 1. The van der Waals surface area contributed by atoms with E-state index in [0.717, 1.165) is 57.1 Å². The minimum atomic E-state index is -0.0658. The molecule has 1 aliphatic heterocycles. The van der Waals surface area contributed by atoms with Crippen LogP contribution in [0.15, 0.2) is 18.3 Å². The fourth-order valence-electron chi connectivity index (χ4n) is 2.99. The molecule has 3 N–H and O–H groups in total. The van der Waals surface area contributed by atoms with Crippen LogP contribution in [0.1, 0.15) is 19.3 Å². The Morgan fingerprint density at radius 2 is 2.14 bits per heavy atom. The van der Waals surface area contributed by atoms with Crippen LogP contribution in [-0.4, -0.2) is 43.2 Å². The van der Waals surface area contributed by atoms with E-state index in [9.17, 15) is 4.79 Å². The Kier molecular flexibility index (Phi) is 4.36. The molecular weight excluding hydrogens is 268 g/mol. The second-order valence-electron chi connectivity index (χ2n) is 5.69. The van der Waals surface area contributed by atoms with Gasteiger partial charge in [0.05, 0.1) is 31.0 Å². The first-order valence-corrected chi connectivity index (χ1v) is 7.59. The molecule has 0 radical (unpaired) electrons. The topological polar surface area (TPSA) is 80.5 Å². The Labute approximate surface area is 124 Å². The summed E-state index contributed by atoms with van der Waals surface area (Å²) in [5.41, 5.74) is 6.69. The number of nitrogens with zero attached hydrogens (tertiary/aromatic N) is 2. The molecule has 2 unspecified atom stereocenters. The van der Waals surface area contributed by atoms with Gasteiger partial charge in [0.2, 0.25) is 5.91 Å². The Morgan fingerprint density at radius 1 is 1.33 bits per heavy atom. The lowest BCUT2D eigenvalue weighted by Crippen LogP contribution is -2.36. The molecule has 2 atom stereocenters. The SMILES string of the molecule is NC1CCCC1C(=O)Nc1ccc(N2CCOCC2)nc1. The third-order valence-electron chi connectivity index (χ3n) is 4.26. The van der Waals surface area contributed by atoms with Crippen molar-refractivity contribution in [3.8, 4) is 0 Å². The van der Waals surface area contributed by atoms with Gasteiger partial charge in [0.1, 0.15) is 5.82 Å². The molecule has 21 heavy (non-hydrogen) atoms. The lowest BCUT2D eigenvalue weighted by atomic mass is 10.0. The van der Waals surface area contributed by atoms with Gasteiger partial charge in [0.15, 0.2) is 0 Å². The Balaban J connectivity index is 1.60. The number of hydrogen-bond acceptors (Lipinski definition) is 5. The number of rotatable bonds is 3. The average Bonchev–Trinajstić information content (AvgIpc) is 2.95. The van der Waals surface area contributed by atoms with Gasteiger partial charge in [-0.1, -0.05) is 6.42 Å². The summed E-state index contributed by atoms with van der Waals surface area (Å²) in [6.07, 6.45) is 4.56. The predicted octanol–water partition coefficient (Wildman–Crippen LogP) is 0.984. The van der Waals surface area contributed by atoms with E-state index in [0.29, 0.717) is 0 Å². The van der Waals surface area contributed by atoms with E-state index in [1.54, 1.807) is 6.20 Å². The molecule has 1 saturated carbocycles. The first-order chi connectivity index (χ1) is 10.2. The van der Waals surface area contributed by atoms with Crippen molar-refractivity contribution in [2.45, 2.75) is 25.3 Å². The second kappa shape index (κ2) is 6.41. The van der Waals surface area contributed by atoms with E-state index >= 15 is 0 Å². The summed E-state index contributed by atoms with van der Waals surface area (Å²) in [4.78, 5) is 18.8. The van der Waals surface area contributed by atoms with Crippen LogP contribution in [-0.2, 0) is 9.53 Å². The highest BCUT2D eigenvalue weighted by atomic mass is 16.5. The van der Waals surface area contributed by atoms with Crippen molar-refractivity contribution >= 4 is 17.4 Å². The lowest BCUT2D eigenvalue weighted by Gasteiger charge is -2.27. The van der Waals surface area contributed by atoms with E-state index in [-0.39, 0.29) is 17.9 Å². The van der Waals surface area contributed by atoms with Gasteiger partial charge in [0.25, 0.3) is 0 Å². The van der Waals surface area contributed by atoms with Crippen molar-refractivity contribution in [2.24, 2.45) is 11.7 Å². The highest BCUT2D eigenvalue weighted by molar-refractivity contribution is 5.93. The van der Waals surface area contributed by atoms with Crippen molar-refractivity contribution < 1.29 is 9.53 Å². The number of pyridine rings is 1. The molecule has 1 aromatic heterocycles. The molecular formula is C15H22N4O2. The van der Waals surface area contributed by atoms with Crippen LogP contribution in [0.25, 0.3) is 0 Å². The zero-order chi connectivity index (χ0) is 14.7. The summed E-state index contributed by atoms with van der Waals surface area (Å²) in [7, 11) is 0. The molecule has 1 amide bonds. The molecule has 1 aromatic rings. The number of carbonyl (C=O) groups excluding carboxylic acids is 1. The summed E-state index contributed by atoms with van der Waals surface area (Å²) >= 11 is 0. The number of ether oxygens (including phenoxy) is 1. The summed E-state index contributed by atoms with van der Waals surface area (Å²) in [6, 6.07) is 3.83. The van der Waals surface area contributed by atoms with Crippen molar-refractivity contribution in [3.63, 3.8) is 0 Å². The summed E-state index contributed by atoms with van der Waals surface area (Å²) in [6.45, 7) is 3.19. The number of morpholine rings is 1. The van der Waals surface area contributed by atoms with E-state index in [4.69, 9.17) is 10.5 Å². The molecule has 6 heteroatoms. The maximum Gasteiger partial charge on any atom is 0.229 e. The number of hydrogen-bond donors (Lipinski definition) is 2. The number of nitrogens with two attached hydrogens (primary N) is 1. The predicted molar refractivity (Wildman–Crippen MR) is 81.2 cm³/mol. The zero-order valence-electron chi connectivity index (χ0n) is 12.1. The maximum absolute atomic E-state index is 12.2. The third kappa shape index (κ3) is 3.33. The maximum atomic E-state index is 12.2. The van der Waals surface area contributed by atoms with E-state index in [2.05, 4.69) is 15.2 Å². The fourth-order valence-corrected chi connectivity index (χ4v) is 2.99. The summed E-state index contributed by atoms with van der Waals surface area (Å²) < 4.78 is 5.33. The standard InChI is InChI=1S/C15H22N4O2/c16-13-3-1-2-12(13)15(20)18-11-4-5-14(17-10-11)19-6-8-21-9-7-19/h4-5,10,12-13H,1-3,6-9,16H2,(H,18,20). The van der Waals surface area contributed by atoms with E-state index in [1.165, 1.54) is 0 Å².